The van der Waals surface area contributed by atoms with Gasteiger partial charge in [0.2, 0.25) is 5.91 Å². The Hall–Kier alpha value is -3.25. The van der Waals surface area contributed by atoms with Crippen LogP contribution in [0.3, 0.4) is 0 Å². The minimum absolute atomic E-state index is 0. The summed E-state index contributed by atoms with van der Waals surface area (Å²) in [5, 5.41) is 11.5. The second-order valence-corrected chi connectivity index (χ2v) is 5.58. The minimum Gasteiger partial charge on any atom is -0.529 e. The molecule has 2 amide bonds. The number of esters is 1. The fourth-order valence-corrected chi connectivity index (χ4v) is 1.47. The van der Waals surface area contributed by atoms with Crippen LogP contribution in [0, 0.1) is 5.41 Å². The molecule has 0 radical (unpaired) electrons. The first-order valence-electron chi connectivity index (χ1n) is 6.85. The van der Waals surface area contributed by atoms with E-state index >= 15 is 0 Å². The zero-order valence-electron chi connectivity index (χ0n) is 13.3. The van der Waals surface area contributed by atoms with E-state index in [1.807, 2.05) is 0 Å². The number of Topliss-reactive ketones (excluding diaryl/α,β-unsaturated/α-hetero) is 1. The first kappa shape index (κ1) is 22.0. The van der Waals surface area contributed by atoms with Gasteiger partial charge in [0.15, 0.2) is 5.78 Å². The maximum atomic E-state index is 12.0. The van der Waals surface area contributed by atoms with E-state index in [1.165, 1.54) is 6.41 Å². The Labute approximate surface area is 129 Å². The molecule has 0 aromatic heterocycles. The summed E-state index contributed by atoms with van der Waals surface area (Å²) >= 11 is 0. The van der Waals surface area contributed by atoms with Crippen molar-refractivity contribution in [1.29, 1.82) is 5.41 Å². The smallest absolute Gasteiger partial charge is 0.329 e. The molecule has 0 saturated carbocycles. The number of ether oxygens (including phenoxy) is 1. The quantitative estimate of drug-likeness (QED) is 0.111. The van der Waals surface area contributed by atoms with Crippen LogP contribution >= 0.6 is 0 Å². The largest absolute Gasteiger partial charge is 0.529 e. The minimum atomic E-state index is -0.976. The van der Waals surface area contributed by atoms with Gasteiger partial charge in [-0.25, -0.2) is 4.79 Å². The maximum Gasteiger partial charge on any atom is 0.329 e. The predicted molar refractivity (Wildman–Crippen MR) is 79.1 cm³/mol. The van der Waals surface area contributed by atoms with Gasteiger partial charge in [0.25, 0.3) is 0 Å². The number of amides is 2. The third-order valence-corrected chi connectivity index (χ3v) is 2.42. The topological polar surface area (TPSA) is 125 Å². The van der Waals surface area contributed by atoms with Crippen LogP contribution in [0.1, 0.15) is 40.0 Å². The van der Waals surface area contributed by atoms with Crippen LogP contribution in [0.2, 0.25) is 0 Å². The molecule has 8 nitrogen and oxygen atoms in total. The molecule has 0 fully saturated rings. The number of ketones is 1. The average Bonchev–Trinajstić information content (AvgIpc) is 2.41. The normalized spacial score (nSPS) is 11.4. The molecule has 9 heteroatoms. The van der Waals surface area contributed by atoms with Gasteiger partial charge in [-0.2, -0.15) is 6.41 Å². The van der Waals surface area contributed by atoms with Gasteiger partial charge in [-0.15, -0.1) is 0 Å². The molecule has 0 aromatic carbocycles. The van der Waals surface area contributed by atoms with Crippen molar-refractivity contribution >= 4 is 30.3 Å². The van der Waals surface area contributed by atoms with E-state index in [0.29, 0.717) is 6.21 Å². The molecule has 136 valence electrons. The summed E-state index contributed by atoms with van der Waals surface area (Å²) in [5.74, 6) is -1.55. The Morgan fingerprint density at radius 3 is 2.35 bits per heavy atom. The molecule has 0 rings (SSSR count). The fourth-order valence-electron chi connectivity index (χ4n) is 1.47. The van der Waals surface area contributed by atoms with Gasteiger partial charge in [-0.1, -0.05) is 0 Å². The Bertz CT molecular complexity index is 435. The van der Waals surface area contributed by atoms with Crippen LogP contribution in [0.4, 0.5) is 0 Å². The summed E-state index contributed by atoms with van der Waals surface area (Å²) in [6, 6.07) is -0.976. The number of nitrogens with one attached hydrogen (secondary N) is 3. The van der Waals surface area contributed by atoms with Crippen molar-refractivity contribution in [1.82, 2.24) is 10.6 Å². The molecular weight excluding hydrogens is 547 g/mol. The molecule has 23 heavy (non-hydrogen) atoms. The van der Waals surface area contributed by atoms with Crippen LogP contribution in [-0.2, 0) is 23.9 Å². The van der Waals surface area contributed by atoms with Crippen LogP contribution < -0.4 is 10.6 Å². The molecule has 3 N–H and O–H groups in total. The van der Waals surface area contributed by atoms with Gasteiger partial charge < -0.3 is 25.6 Å². The zero-order valence-corrected chi connectivity index (χ0v) is 15.7. The van der Waals surface area contributed by atoms with E-state index in [2.05, 4.69) is 10.6 Å². The van der Waals surface area contributed by atoms with Gasteiger partial charge >= 0.3 is 5.97 Å². The van der Waals surface area contributed by atoms with E-state index in [-0.39, 0.29) is 25.8 Å². The summed E-state index contributed by atoms with van der Waals surface area (Å²) in [4.78, 5) is 44.9. The first-order chi connectivity index (χ1) is 10.2. The SMILES string of the molecule is CC(C)(C)OC(=O)C(CCC(=O)C=N)NC(=O)CCN[C-]=O.[Fm]. The second-order valence-electron chi connectivity index (χ2n) is 5.58. The van der Waals surface area contributed by atoms with Crippen molar-refractivity contribution < 1.29 is 23.9 Å². The van der Waals surface area contributed by atoms with Crippen molar-refractivity contribution in [3.8, 4) is 0 Å². The van der Waals surface area contributed by atoms with Crippen molar-refractivity contribution in [2.24, 2.45) is 0 Å². The van der Waals surface area contributed by atoms with E-state index in [0.717, 1.165) is 0 Å². The van der Waals surface area contributed by atoms with Crippen molar-refractivity contribution in [3.63, 3.8) is 0 Å². The van der Waals surface area contributed by atoms with E-state index in [1.54, 1.807) is 20.8 Å². The number of hydrogen-bond acceptors (Lipinski definition) is 6. The zero-order chi connectivity index (χ0) is 17.2. The van der Waals surface area contributed by atoms with Crippen molar-refractivity contribution in [2.75, 3.05) is 6.54 Å². The van der Waals surface area contributed by atoms with E-state index in [9.17, 15) is 19.2 Å². The summed E-state index contributed by atoms with van der Waals surface area (Å²) in [6.07, 6.45) is 2.08. The van der Waals surface area contributed by atoms with Gasteiger partial charge in [0.05, 0.1) is 6.21 Å². The molecule has 0 heterocycles. The standard InChI is InChI=1S/C14H22N3O5.Fm/c1-14(2,3)22-13(21)11(5-4-10(19)8-15)17-12(20)6-7-16-9-18;/h8,11,15H,4-7H2,1-3H3,(H,16,18)(H,17,20);/q-1;. The number of carbonyl (C=O) groups is 3. The first-order valence-corrected chi connectivity index (χ1v) is 6.85. The Kier molecular flexibility index (Phi) is 10.0. The molecule has 0 saturated heterocycles. The van der Waals surface area contributed by atoms with Crippen molar-refractivity contribution in [3.05, 3.63) is 0 Å². The molecule has 1 unspecified atom stereocenters. The molecule has 0 aliphatic rings. The molecule has 0 bridgehead atoms. The van der Waals surface area contributed by atoms with Gasteiger partial charge in [-0.05, 0) is 33.7 Å². The summed E-state index contributed by atoms with van der Waals surface area (Å²) < 4.78 is 5.19. The fraction of sp³-hybridized carbons (Fsp3) is 0.643. The number of hydrogen-bond donors (Lipinski definition) is 3. The molecule has 0 aliphatic heterocycles. The molecule has 0 spiro atoms. The van der Waals surface area contributed by atoms with Crippen LogP contribution in [0.15, 0.2) is 0 Å². The van der Waals surface area contributed by atoms with E-state index in [4.69, 9.17) is 10.1 Å². The Morgan fingerprint density at radius 1 is 1.26 bits per heavy atom. The number of carbonyl (C=O) groups excluding carboxylic acids is 4. The van der Waals surface area contributed by atoms with Gasteiger partial charge in [0, 0.05) is 12.8 Å². The van der Waals surface area contributed by atoms with Crippen LogP contribution in [-0.4, -0.2) is 48.5 Å². The molecule has 1 atom stereocenters. The van der Waals surface area contributed by atoms with Gasteiger partial charge in [0.1, 0.15) is 11.6 Å². The Morgan fingerprint density at radius 2 is 1.87 bits per heavy atom. The summed E-state index contributed by atoms with van der Waals surface area (Å²) in [7, 11) is 0. The summed E-state index contributed by atoms with van der Waals surface area (Å²) in [5.41, 5.74) is -0.723. The number of rotatable bonds is 10. The predicted octanol–water partition coefficient (Wildman–Crippen LogP) is -0.141. The Balaban J connectivity index is 0. The second kappa shape index (κ2) is 10.5. The average molecular weight is 569 g/mol. The monoisotopic (exact) mass is 569 g/mol. The van der Waals surface area contributed by atoms with Crippen LogP contribution in [0.25, 0.3) is 0 Å². The molecular formula is C14H22FmN3O5-. The van der Waals surface area contributed by atoms with Crippen LogP contribution in [0.5, 0.6) is 0 Å². The van der Waals surface area contributed by atoms with Gasteiger partial charge in [-0.3, -0.25) is 9.59 Å². The van der Waals surface area contributed by atoms with Crippen molar-refractivity contribution in [2.45, 2.75) is 51.7 Å². The molecule has 0 aliphatic carbocycles. The molecule has 0 aromatic rings. The summed E-state index contributed by atoms with van der Waals surface area (Å²) in [6.45, 7) is 5.17. The third-order valence-electron chi connectivity index (χ3n) is 2.42. The third kappa shape index (κ3) is 11.1. The van der Waals surface area contributed by atoms with E-state index < -0.39 is 29.3 Å². The maximum absolute atomic E-state index is 12.0.